The third-order valence-corrected chi connectivity index (χ3v) is 6.65. The summed E-state index contributed by atoms with van der Waals surface area (Å²) < 4.78 is 74.9. The Labute approximate surface area is 183 Å². The second kappa shape index (κ2) is 9.21. The van der Waals surface area contributed by atoms with E-state index < -0.39 is 32.4 Å². The molecule has 2 aromatic carbocycles. The summed E-state index contributed by atoms with van der Waals surface area (Å²) in [5, 5.41) is 6.06. The van der Waals surface area contributed by atoms with Crippen molar-refractivity contribution in [1.82, 2.24) is 10.1 Å². The van der Waals surface area contributed by atoms with Gasteiger partial charge in [-0.2, -0.15) is 0 Å². The lowest BCUT2D eigenvalue weighted by atomic mass is 10.1. The summed E-state index contributed by atoms with van der Waals surface area (Å²) in [5.74, 6) is -3.56. The highest BCUT2D eigenvalue weighted by molar-refractivity contribution is 7.92. The first kappa shape index (κ1) is 22.2. The van der Waals surface area contributed by atoms with Crippen LogP contribution in [0.25, 0.3) is 0 Å². The molecule has 3 aromatic rings. The van der Waals surface area contributed by atoms with Crippen molar-refractivity contribution in [2.75, 3.05) is 23.1 Å². The van der Waals surface area contributed by atoms with E-state index in [4.69, 9.17) is 0 Å². The van der Waals surface area contributed by atoms with E-state index >= 15 is 0 Å². The number of nitrogens with zero attached hydrogens (tertiary/aromatic N) is 2. The van der Waals surface area contributed by atoms with E-state index in [1.54, 1.807) is 12.1 Å². The molecular weight excluding hydrogens is 445 g/mol. The molecule has 11 heteroatoms. The van der Waals surface area contributed by atoms with Gasteiger partial charge in [-0.05, 0) is 49.7 Å². The van der Waals surface area contributed by atoms with Crippen molar-refractivity contribution in [3.05, 3.63) is 71.2 Å². The smallest absolute Gasteiger partial charge is 0.266 e. The van der Waals surface area contributed by atoms with E-state index in [1.807, 2.05) is 4.72 Å². The van der Waals surface area contributed by atoms with Crippen LogP contribution in [0.15, 0.2) is 52.1 Å². The molecule has 0 radical (unpaired) electrons. The molecule has 7 nitrogen and oxygen atoms in total. The topological polar surface area (TPSA) is 87.5 Å². The molecule has 4 rings (SSSR count). The van der Waals surface area contributed by atoms with Crippen LogP contribution in [0.3, 0.4) is 0 Å². The Morgan fingerprint density at radius 1 is 1.03 bits per heavy atom. The summed E-state index contributed by atoms with van der Waals surface area (Å²) in [5.41, 5.74) is 0.832. The van der Waals surface area contributed by atoms with Gasteiger partial charge in [0.2, 0.25) is 0 Å². The van der Waals surface area contributed by atoms with Crippen LogP contribution in [0.5, 0.6) is 0 Å². The van der Waals surface area contributed by atoms with Crippen molar-refractivity contribution < 1.29 is 26.1 Å². The highest BCUT2D eigenvalue weighted by Crippen LogP contribution is 2.27. The molecule has 1 aliphatic rings. The van der Waals surface area contributed by atoms with Crippen molar-refractivity contribution in [3.63, 3.8) is 0 Å². The number of halogens is 3. The quantitative estimate of drug-likeness (QED) is 0.520. The molecule has 0 atom stereocenters. The highest BCUT2D eigenvalue weighted by Gasteiger charge is 2.25. The van der Waals surface area contributed by atoms with Gasteiger partial charge in [0.15, 0.2) is 17.5 Å². The second-order valence-corrected chi connectivity index (χ2v) is 9.09. The molecule has 0 bridgehead atoms. The molecule has 1 saturated heterocycles. The van der Waals surface area contributed by atoms with Crippen molar-refractivity contribution in [3.8, 4) is 0 Å². The number of aromatic nitrogens is 1. The number of sulfonamides is 1. The number of hydrogen-bond donors (Lipinski definition) is 2. The van der Waals surface area contributed by atoms with Gasteiger partial charge >= 0.3 is 0 Å². The average Bonchev–Trinajstić information content (AvgIpc) is 3.44. The minimum Gasteiger partial charge on any atom is -0.378 e. The summed E-state index contributed by atoms with van der Waals surface area (Å²) >= 11 is 0. The minimum absolute atomic E-state index is 0.0878. The monoisotopic (exact) mass is 466 g/mol. The highest BCUT2D eigenvalue weighted by atomic mass is 32.2. The number of rotatable bonds is 8. The molecule has 0 saturated carbocycles. The summed E-state index contributed by atoms with van der Waals surface area (Å²) in [4.78, 5) is 1.32. The van der Waals surface area contributed by atoms with Crippen LogP contribution in [0.1, 0.15) is 24.0 Å². The molecular formula is C21H21F3N4O3S. The minimum atomic E-state index is -4.43. The standard InChI is InChI=1S/C21H21F3N4O3S/c22-16-5-3-4-14(13-28-9-1-2-10-28)15(16)12-25-17-6-7-18(21(24)20(17)23)32(29,30)27-19-8-11-31-26-19/h3-8,11,25H,1-2,9-10,12-13H2,(H,26,27). The van der Waals surface area contributed by atoms with E-state index in [0.717, 1.165) is 49.9 Å². The Hall–Kier alpha value is -3.05. The molecule has 0 unspecified atom stereocenters. The fourth-order valence-corrected chi connectivity index (χ4v) is 4.71. The zero-order valence-electron chi connectivity index (χ0n) is 16.9. The van der Waals surface area contributed by atoms with Gasteiger partial charge in [-0.15, -0.1) is 0 Å². The van der Waals surface area contributed by atoms with Crippen molar-refractivity contribution in [2.45, 2.75) is 30.8 Å². The van der Waals surface area contributed by atoms with E-state index in [2.05, 4.69) is 19.9 Å². The van der Waals surface area contributed by atoms with Gasteiger partial charge in [-0.3, -0.25) is 9.62 Å². The van der Waals surface area contributed by atoms with Gasteiger partial charge in [0.25, 0.3) is 10.0 Å². The Morgan fingerprint density at radius 2 is 1.81 bits per heavy atom. The Balaban J connectivity index is 1.53. The summed E-state index contributed by atoms with van der Waals surface area (Å²) in [6.45, 7) is 2.34. The van der Waals surface area contributed by atoms with Gasteiger partial charge in [0.1, 0.15) is 17.0 Å². The first-order chi connectivity index (χ1) is 15.3. The maximum Gasteiger partial charge on any atom is 0.266 e. The van der Waals surface area contributed by atoms with Crippen molar-refractivity contribution in [2.24, 2.45) is 0 Å². The maximum absolute atomic E-state index is 14.6. The first-order valence-electron chi connectivity index (χ1n) is 9.99. The Morgan fingerprint density at radius 3 is 2.53 bits per heavy atom. The fourth-order valence-electron chi connectivity index (χ4n) is 3.65. The van der Waals surface area contributed by atoms with E-state index in [-0.39, 0.29) is 18.1 Å². The number of hydrogen-bond acceptors (Lipinski definition) is 6. The summed E-state index contributed by atoms with van der Waals surface area (Å²) in [6.07, 6.45) is 3.31. The zero-order valence-corrected chi connectivity index (χ0v) is 17.8. The zero-order chi connectivity index (χ0) is 22.7. The molecule has 0 spiro atoms. The van der Waals surface area contributed by atoms with Crippen LogP contribution in [0.2, 0.25) is 0 Å². The van der Waals surface area contributed by atoms with Crippen LogP contribution in [0.4, 0.5) is 24.7 Å². The Bertz CT molecular complexity index is 1200. The van der Waals surface area contributed by atoms with Crippen LogP contribution >= 0.6 is 0 Å². The first-order valence-corrected chi connectivity index (χ1v) is 11.5. The second-order valence-electron chi connectivity index (χ2n) is 7.44. The number of anilines is 2. The normalized spacial score (nSPS) is 14.6. The SMILES string of the molecule is O=S(=O)(Nc1ccon1)c1ccc(NCc2c(F)cccc2CN2CCCC2)c(F)c1F. The number of likely N-dealkylation sites (tertiary alicyclic amines) is 1. The van der Waals surface area contributed by atoms with E-state index in [1.165, 1.54) is 12.1 Å². The summed E-state index contributed by atoms with van der Waals surface area (Å²) in [6, 6.07) is 7.97. The van der Waals surface area contributed by atoms with Gasteiger partial charge in [-0.25, -0.2) is 21.6 Å². The molecule has 0 amide bonds. The molecule has 2 heterocycles. The van der Waals surface area contributed by atoms with Gasteiger partial charge in [0.05, 0.1) is 5.69 Å². The molecule has 2 N–H and O–H groups in total. The number of nitrogens with one attached hydrogen (secondary N) is 2. The Kier molecular flexibility index (Phi) is 6.38. The van der Waals surface area contributed by atoms with E-state index in [0.29, 0.717) is 12.1 Å². The predicted octanol–water partition coefficient (Wildman–Crippen LogP) is 4.10. The van der Waals surface area contributed by atoms with Gasteiger partial charge in [-0.1, -0.05) is 17.3 Å². The average molecular weight is 466 g/mol. The predicted molar refractivity (Wildman–Crippen MR) is 112 cm³/mol. The largest absolute Gasteiger partial charge is 0.378 e. The lowest BCUT2D eigenvalue weighted by Crippen LogP contribution is -2.20. The van der Waals surface area contributed by atoms with Crippen LogP contribution in [-0.2, 0) is 23.1 Å². The van der Waals surface area contributed by atoms with Crippen LogP contribution in [0, 0.1) is 17.5 Å². The van der Waals surface area contributed by atoms with Crippen molar-refractivity contribution >= 4 is 21.5 Å². The lowest BCUT2D eigenvalue weighted by Gasteiger charge is -2.19. The van der Waals surface area contributed by atoms with Gasteiger partial charge < -0.3 is 9.84 Å². The van der Waals surface area contributed by atoms with E-state index in [9.17, 15) is 21.6 Å². The van der Waals surface area contributed by atoms with Crippen LogP contribution in [-0.4, -0.2) is 31.6 Å². The van der Waals surface area contributed by atoms with Crippen LogP contribution < -0.4 is 10.0 Å². The molecule has 0 aliphatic carbocycles. The van der Waals surface area contributed by atoms with Gasteiger partial charge in [0, 0.05) is 24.7 Å². The summed E-state index contributed by atoms with van der Waals surface area (Å²) in [7, 11) is -4.43. The molecule has 1 fully saturated rings. The lowest BCUT2D eigenvalue weighted by molar-refractivity contribution is 0.329. The molecule has 1 aromatic heterocycles. The maximum atomic E-state index is 14.6. The number of benzene rings is 2. The molecule has 1 aliphatic heterocycles. The molecule has 32 heavy (non-hydrogen) atoms. The third kappa shape index (κ3) is 4.73. The molecule has 170 valence electrons. The third-order valence-electron chi connectivity index (χ3n) is 5.28. The fraction of sp³-hybridized carbons (Fsp3) is 0.286. The van der Waals surface area contributed by atoms with Crippen molar-refractivity contribution in [1.29, 1.82) is 0 Å².